The molecule has 0 unspecified atom stereocenters. The average Bonchev–Trinajstić information content (AvgIpc) is 2.21. The van der Waals surface area contributed by atoms with Crippen molar-refractivity contribution in [3.8, 4) is 0 Å². The number of hydrogen-bond donors (Lipinski definition) is 0. The van der Waals surface area contributed by atoms with Crippen LogP contribution in [0.5, 0.6) is 0 Å². The van der Waals surface area contributed by atoms with Crippen LogP contribution in [0.3, 0.4) is 0 Å². The quantitative estimate of drug-likeness (QED) is 0.603. The molecule has 0 spiro atoms. The number of halogens is 1. The van der Waals surface area contributed by atoms with E-state index in [0.717, 1.165) is 16.7 Å². The Morgan fingerprint density at radius 3 is 2.60 bits per heavy atom. The standard InChI is InChI=1S/C12H17BrN2/c1-5-15(4)8-14-12-7-9(2)11(13)6-10(12)3/h6-8H,5H2,1-4H3/b14-8-. The van der Waals surface area contributed by atoms with E-state index >= 15 is 0 Å². The third kappa shape index (κ3) is 3.34. The second kappa shape index (κ2) is 5.31. The van der Waals surface area contributed by atoms with E-state index in [0.29, 0.717) is 0 Å². The molecule has 15 heavy (non-hydrogen) atoms. The Labute approximate surface area is 100 Å². The van der Waals surface area contributed by atoms with Crippen LogP contribution in [0.4, 0.5) is 5.69 Å². The van der Waals surface area contributed by atoms with Gasteiger partial charge in [-0.15, -0.1) is 0 Å². The molecule has 0 fully saturated rings. The second-order valence-electron chi connectivity index (χ2n) is 3.71. The van der Waals surface area contributed by atoms with Gasteiger partial charge in [-0.25, -0.2) is 4.99 Å². The zero-order chi connectivity index (χ0) is 11.4. The molecule has 1 aromatic rings. The molecule has 0 N–H and O–H groups in total. The molecule has 0 aromatic heterocycles. The molecule has 1 rings (SSSR count). The van der Waals surface area contributed by atoms with Crippen LogP contribution in [0.15, 0.2) is 21.6 Å². The summed E-state index contributed by atoms with van der Waals surface area (Å²) >= 11 is 3.51. The third-order valence-corrected chi connectivity index (χ3v) is 3.22. The first-order valence-corrected chi connectivity index (χ1v) is 5.85. The molecule has 1 aromatic carbocycles. The highest BCUT2D eigenvalue weighted by atomic mass is 79.9. The Hall–Kier alpha value is -0.830. The van der Waals surface area contributed by atoms with Crippen molar-refractivity contribution in [1.82, 2.24) is 4.90 Å². The summed E-state index contributed by atoms with van der Waals surface area (Å²) in [5, 5.41) is 0. The van der Waals surface area contributed by atoms with Crippen LogP contribution >= 0.6 is 15.9 Å². The fourth-order valence-corrected chi connectivity index (χ4v) is 1.61. The van der Waals surface area contributed by atoms with Gasteiger partial charge in [0, 0.05) is 18.1 Å². The number of hydrogen-bond acceptors (Lipinski definition) is 1. The fraction of sp³-hybridized carbons (Fsp3) is 0.417. The molecule has 0 saturated heterocycles. The van der Waals surface area contributed by atoms with Crippen LogP contribution < -0.4 is 0 Å². The Morgan fingerprint density at radius 2 is 2.00 bits per heavy atom. The van der Waals surface area contributed by atoms with Gasteiger partial charge in [0.2, 0.25) is 0 Å². The van der Waals surface area contributed by atoms with Gasteiger partial charge in [-0.3, -0.25) is 0 Å². The Bertz CT molecular complexity index is 372. The van der Waals surface area contributed by atoms with Crippen LogP contribution in [-0.4, -0.2) is 24.8 Å². The largest absolute Gasteiger partial charge is 0.366 e. The lowest BCUT2D eigenvalue weighted by Crippen LogP contribution is -2.14. The van der Waals surface area contributed by atoms with Gasteiger partial charge < -0.3 is 4.90 Å². The molecular formula is C12H17BrN2. The van der Waals surface area contributed by atoms with E-state index in [1.807, 2.05) is 13.4 Å². The van der Waals surface area contributed by atoms with Crippen molar-refractivity contribution in [3.05, 3.63) is 27.7 Å². The number of nitrogens with zero attached hydrogens (tertiary/aromatic N) is 2. The number of aliphatic imine (C=N–C) groups is 1. The topological polar surface area (TPSA) is 15.6 Å². The lowest BCUT2D eigenvalue weighted by molar-refractivity contribution is 0.552. The molecule has 0 aliphatic carbocycles. The van der Waals surface area contributed by atoms with Gasteiger partial charge >= 0.3 is 0 Å². The van der Waals surface area contributed by atoms with Crippen molar-refractivity contribution < 1.29 is 0 Å². The highest BCUT2D eigenvalue weighted by Gasteiger charge is 2.00. The van der Waals surface area contributed by atoms with Crippen LogP contribution in [0.1, 0.15) is 18.1 Å². The van der Waals surface area contributed by atoms with Gasteiger partial charge in [0.25, 0.3) is 0 Å². The van der Waals surface area contributed by atoms with Crippen LogP contribution in [0, 0.1) is 13.8 Å². The molecule has 0 heterocycles. The molecule has 2 nitrogen and oxygen atoms in total. The van der Waals surface area contributed by atoms with Crippen molar-refractivity contribution in [3.63, 3.8) is 0 Å². The Balaban J connectivity index is 2.95. The van der Waals surface area contributed by atoms with Crippen molar-refractivity contribution in [2.45, 2.75) is 20.8 Å². The summed E-state index contributed by atoms with van der Waals surface area (Å²) in [7, 11) is 2.02. The molecule has 0 aliphatic rings. The maximum absolute atomic E-state index is 4.46. The highest BCUT2D eigenvalue weighted by Crippen LogP contribution is 2.26. The van der Waals surface area contributed by atoms with E-state index in [1.165, 1.54) is 11.1 Å². The van der Waals surface area contributed by atoms with E-state index in [2.05, 4.69) is 58.7 Å². The number of aryl methyl sites for hydroxylation is 2. The molecule has 0 radical (unpaired) electrons. The van der Waals surface area contributed by atoms with Crippen molar-refractivity contribution >= 4 is 28.0 Å². The van der Waals surface area contributed by atoms with E-state index in [9.17, 15) is 0 Å². The van der Waals surface area contributed by atoms with Crippen molar-refractivity contribution in [2.24, 2.45) is 4.99 Å². The molecule has 0 aliphatic heterocycles. The predicted molar refractivity (Wildman–Crippen MR) is 70.1 cm³/mol. The van der Waals surface area contributed by atoms with Crippen LogP contribution in [0.2, 0.25) is 0 Å². The van der Waals surface area contributed by atoms with Gasteiger partial charge in [0.15, 0.2) is 0 Å². The van der Waals surface area contributed by atoms with Gasteiger partial charge in [0.05, 0.1) is 12.0 Å². The molecule has 0 amide bonds. The lowest BCUT2D eigenvalue weighted by atomic mass is 10.1. The summed E-state index contributed by atoms with van der Waals surface area (Å²) in [6, 6.07) is 4.20. The van der Waals surface area contributed by atoms with Crippen molar-refractivity contribution in [1.29, 1.82) is 0 Å². The number of rotatable bonds is 3. The molecular weight excluding hydrogens is 252 g/mol. The zero-order valence-electron chi connectivity index (χ0n) is 9.71. The van der Waals surface area contributed by atoms with E-state index in [4.69, 9.17) is 0 Å². The Morgan fingerprint density at radius 1 is 1.33 bits per heavy atom. The van der Waals surface area contributed by atoms with E-state index in [1.54, 1.807) is 0 Å². The Kier molecular flexibility index (Phi) is 4.33. The van der Waals surface area contributed by atoms with Crippen molar-refractivity contribution in [2.75, 3.05) is 13.6 Å². The monoisotopic (exact) mass is 268 g/mol. The first-order chi connectivity index (χ1) is 7.04. The zero-order valence-corrected chi connectivity index (χ0v) is 11.3. The summed E-state index contributed by atoms with van der Waals surface area (Å²) in [6.45, 7) is 7.22. The minimum atomic E-state index is 0.970. The fourth-order valence-electron chi connectivity index (χ4n) is 1.15. The lowest BCUT2D eigenvalue weighted by Gasteiger charge is -2.09. The first kappa shape index (κ1) is 12.2. The van der Waals surface area contributed by atoms with Gasteiger partial charge in [-0.1, -0.05) is 15.9 Å². The smallest absolute Gasteiger partial charge is 0.0909 e. The van der Waals surface area contributed by atoms with Gasteiger partial charge in [-0.05, 0) is 44.0 Å². The molecule has 82 valence electrons. The van der Waals surface area contributed by atoms with Gasteiger partial charge in [0.1, 0.15) is 0 Å². The molecule has 0 bridgehead atoms. The summed E-state index contributed by atoms with van der Waals surface area (Å²) in [6.07, 6.45) is 1.87. The first-order valence-electron chi connectivity index (χ1n) is 5.05. The van der Waals surface area contributed by atoms with E-state index in [-0.39, 0.29) is 0 Å². The maximum Gasteiger partial charge on any atom is 0.0909 e. The van der Waals surface area contributed by atoms with Crippen LogP contribution in [0.25, 0.3) is 0 Å². The second-order valence-corrected chi connectivity index (χ2v) is 4.56. The molecule has 3 heteroatoms. The maximum atomic E-state index is 4.46. The summed E-state index contributed by atoms with van der Waals surface area (Å²) in [5.74, 6) is 0. The highest BCUT2D eigenvalue weighted by molar-refractivity contribution is 9.10. The summed E-state index contributed by atoms with van der Waals surface area (Å²) in [4.78, 5) is 6.51. The number of benzene rings is 1. The van der Waals surface area contributed by atoms with E-state index < -0.39 is 0 Å². The predicted octanol–water partition coefficient (Wildman–Crippen LogP) is 3.68. The minimum Gasteiger partial charge on any atom is -0.366 e. The summed E-state index contributed by atoms with van der Waals surface area (Å²) in [5.41, 5.74) is 3.44. The average molecular weight is 269 g/mol. The van der Waals surface area contributed by atoms with Gasteiger partial charge in [-0.2, -0.15) is 0 Å². The normalized spacial score (nSPS) is 11.0. The third-order valence-electron chi connectivity index (χ3n) is 2.37. The summed E-state index contributed by atoms with van der Waals surface area (Å²) < 4.78 is 1.14. The molecule has 0 saturated carbocycles. The van der Waals surface area contributed by atoms with Crippen LogP contribution in [-0.2, 0) is 0 Å². The molecule has 0 atom stereocenters. The minimum absolute atomic E-state index is 0.970. The SMILES string of the molecule is CCN(C)/C=N\c1cc(C)c(Br)cc1C.